The molecule has 126 valence electrons. The topological polar surface area (TPSA) is 69.7 Å². The fraction of sp³-hybridized carbons (Fsp3) is 0.562. The zero-order valence-electron chi connectivity index (χ0n) is 13.1. The number of hydrogen-bond donors (Lipinski definition) is 1. The van der Waals surface area contributed by atoms with Gasteiger partial charge in [0.15, 0.2) is 0 Å². The van der Waals surface area contributed by atoms with Crippen LogP contribution in [0.4, 0.5) is 0 Å². The molecule has 0 spiro atoms. The van der Waals surface area contributed by atoms with Gasteiger partial charge < -0.3 is 5.32 Å². The molecule has 0 aliphatic carbocycles. The number of nitrogens with one attached hydrogen (secondary N) is 1. The number of carbonyl (C=O) groups is 1. The van der Waals surface area contributed by atoms with Crippen molar-refractivity contribution < 1.29 is 13.2 Å². The monoisotopic (exact) mass is 337 g/mol. The Labute approximate surface area is 137 Å². The predicted octanol–water partition coefficient (Wildman–Crippen LogP) is 1.22. The van der Waals surface area contributed by atoms with Crippen molar-refractivity contribution in [2.45, 2.75) is 31.7 Å². The van der Waals surface area contributed by atoms with E-state index >= 15 is 0 Å². The van der Waals surface area contributed by atoms with Gasteiger partial charge >= 0.3 is 0 Å². The van der Waals surface area contributed by atoms with Gasteiger partial charge in [-0.25, -0.2) is 0 Å². The minimum atomic E-state index is -3.31. The average Bonchev–Trinajstić information content (AvgIpc) is 3.11. The molecule has 2 heterocycles. The maximum atomic E-state index is 12.5. The summed E-state index contributed by atoms with van der Waals surface area (Å²) in [6, 6.07) is 9.14. The van der Waals surface area contributed by atoms with E-state index in [1.807, 2.05) is 18.2 Å². The summed E-state index contributed by atoms with van der Waals surface area (Å²) in [7, 11) is -3.31. The van der Waals surface area contributed by atoms with Crippen LogP contribution in [-0.2, 0) is 10.2 Å². The summed E-state index contributed by atoms with van der Waals surface area (Å²) in [6.07, 6.45) is 3.21. The van der Waals surface area contributed by atoms with E-state index in [-0.39, 0.29) is 11.9 Å². The van der Waals surface area contributed by atoms with Crippen molar-refractivity contribution in [3.63, 3.8) is 0 Å². The van der Waals surface area contributed by atoms with Crippen LogP contribution in [0.3, 0.4) is 0 Å². The predicted molar refractivity (Wildman–Crippen MR) is 88.2 cm³/mol. The first-order chi connectivity index (χ1) is 11.1. The lowest BCUT2D eigenvalue weighted by molar-refractivity contribution is 0.0923. The molecule has 1 N–H and O–H groups in total. The van der Waals surface area contributed by atoms with E-state index in [0.717, 1.165) is 12.8 Å². The molecular formula is C16H23N3O3S. The lowest BCUT2D eigenvalue weighted by Gasteiger charge is -2.33. The molecule has 0 aromatic heterocycles. The summed E-state index contributed by atoms with van der Waals surface area (Å²) in [5, 5.41) is 3.00. The quantitative estimate of drug-likeness (QED) is 0.898. The minimum absolute atomic E-state index is 0.0349. The molecule has 23 heavy (non-hydrogen) atoms. The van der Waals surface area contributed by atoms with Crippen LogP contribution >= 0.6 is 0 Å². The zero-order valence-corrected chi connectivity index (χ0v) is 14.0. The average molecular weight is 337 g/mol. The van der Waals surface area contributed by atoms with E-state index in [9.17, 15) is 13.2 Å². The van der Waals surface area contributed by atoms with E-state index in [2.05, 4.69) is 5.32 Å². The summed E-state index contributed by atoms with van der Waals surface area (Å²) in [5.74, 6) is -0.0912. The highest BCUT2D eigenvalue weighted by molar-refractivity contribution is 7.86. The molecule has 2 aliphatic heterocycles. The fourth-order valence-electron chi connectivity index (χ4n) is 3.17. The fourth-order valence-corrected chi connectivity index (χ4v) is 4.89. The van der Waals surface area contributed by atoms with Crippen LogP contribution in [0.2, 0.25) is 0 Å². The Kier molecular flexibility index (Phi) is 4.99. The van der Waals surface area contributed by atoms with Gasteiger partial charge in [0, 0.05) is 37.8 Å². The maximum Gasteiger partial charge on any atom is 0.281 e. The van der Waals surface area contributed by atoms with E-state index in [4.69, 9.17) is 0 Å². The summed E-state index contributed by atoms with van der Waals surface area (Å²) >= 11 is 0. The largest absolute Gasteiger partial charge is 0.349 e. The van der Waals surface area contributed by atoms with Gasteiger partial charge in [-0.3, -0.25) is 4.79 Å². The number of carbonyl (C=O) groups excluding carboxylic acids is 1. The molecule has 0 atom stereocenters. The van der Waals surface area contributed by atoms with Crippen molar-refractivity contribution in [2.24, 2.45) is 0 Å². The van der Waals surface area contributed by atoms with Gasteiger partial charge in [0.1, 0.15) is 0 Å². The number of benzene rings is 1. The number of rotatable bonds is 4. The molecular weight excluding hydrogens is 314 g/mol. The molecule has 1 aromatic carbocycles. The van der Waals surface area contributed by atoms with Crippen LogP contribution in [0.25, 0.3) is 0 Å². The Morgan fingerprint density at radius 2 is 1.52 bits per heavy atom. The first kappa shape index (κ1) is 16.4. The second kappa shape index (κ2) is 6.98. The standard InChI is InChI=1S/C16H23N3O3S/c20-16(14-6-2-1-3-7-14)17-15-8-12-19(13-9-15)23(21,22)18-10-4-5-11-18/h1-3,6-7,15H,4-5,8-13H2,(H,17,20). The second-order valence-corrected chi connectivity index (χ2v) is 8.06. The molecule has 2 fully saturated rings. The van der Waals surface area contributed by atoms with Crippen LogP contribution in [0.15, 0.2) is 30.3 Å². The smallest absolute Gasteiger partial charge is 0.281 e. The second-order valence-electron chi connectivity index (χ2n) is 6.13. The molecule has 0 radical (unpaired) electrons. The maximum absolute atomic E-state index is 12.5. The molecule has 1 aromatic rings. The summed E-state index contributed by atoms with van der Waals surface area (Å²) in [5.41, 5.74) is 0.639. The van der Waals surface area contributed by atoms with Crippen molar-refractivity contribution in [1.29, 1.82) is 0 Å². The van der Waals surface area contributed by atoms with E-state index in [1.165, 1.54) is 0 Å². The van der Waals surface area contributed by atoms with Gasteiger partial charge in [0.25, 0.3) is 16.1 Å². The normalized spacial score (nSPS) is 21.4. The lowest BCUT2D eigenvalue weighted by Crippen LogP contribution is -2.50. The van der Waals surface area contributed by atoms with Gasteiger partial charge in [0.05, 0.1) is 0 Å². The van der Waals surface area contributed by atoms with E-state index in [0.29, 0.717) is 44.6 Å². The molecule has 3 rings (SSSR count). The van der Waals surface area contributed by atoms with Gasteiger partial charge in [-0.15, -0.1) is 0 Å². The Balaban J connectivity index is 1.53. The Morgan fingerprint density at radius 1 is 0.957 bits per heavy atom. The number of nitrogens with zero attached hydrogens (tertiary/aromatic N) is 2. The molecule has 6 nitrogen and oxygen atoms in total. The minimum Gasteiger partial charge on any atom is -0.349 e. The molecule has 1 amide bonds. The molecule has 0 saturated carbocycles. The first-order valence-corrected chi connectivity index (χ1v) is 9.58. The van der Waals surface area contributed by atoms with Gasteiger partial charge in [-0.1, -0.05) is 18.2 Å². The van der Waals surface area contributed by atoms with Gasteiger partial charge in [-0.2, -0.15) is 17.0 Å². The van der Waals surface area contributed by atoms with Crippen molar-refractivity contribution in [3.05, 3.63) is 35.9 Å². The zero-order chi connectivity index (χ0) is 16.3. The summed E-state index contributed by atoms with van der Waals surface area (Å²) in [4.78, 5) is 12.1. The van der Waals surface area contributed by atoms with Crippen LogP contribution < -0.4 is 5.32 Å². The molecule has 0 bridgehead atoms. The van der Waals surface area contributed by atoms with E-state index < -0.39 is 10.2 Å². The molecule has 0 unspecified atom stereocenters. The van der Waals surface area contributed by atoms with Gasteiger partial charge in [-0.05, 0) is 37.8 Å². The number of hydrogen-bond acceptors (Lipinski definition) is 3. The van der Waals surface area contributed by atoms with Crippen LogP contribution in [0.5, 0.6) is 0 Å². The number of amides is 1. The lowest BCUT2D eigenvalue weighted by atomic mass is 10.1. The van der Waals surface area contributed by atoms with Gasteiger partial charge in [0.2, 0.25) is 0 Å². The van der Waals surface area contributed by atoms with Crippen molar-refractivity contribution in [3.8, 4) is 0 Å². The highest BCUT2D eigenvalue weighted by atomic mass is 32.2. The Bertz CT molecular complexity index is 634. The van der Waals surface area contributed by atoms with Crippen LogP contribution in [0.1, 0.15) is 36.0 Å². The highest BCUT2D eigenvalue weighted by Crippen LogP contribution is 2.21. The highest BCUT2D eigenvalue weighted by Gasteiger charge is 2.34. The summed E-state index contributed by atoms with van der Waals surface area (Å²) in [6.45, 7) is 2.21. The SMILES string of the molecule is O=C(NC1CCN(S(=O)(=O)N2CCCC2)CC1)c1ccccc1. The van der Waals surface area contributed by atoms with Crippen LogP contribution in [-0.4, -0.2) is 55.2 Å². The number of piperidine rings is 1. The van der Waals surface area contributed by atoms with Crippen molar-refractivity contribution in [2.75, 3.05) is 26.2 Å². The third-order valence-electron chi connectivity index (χ3n) is 4.54. The van der Waals surface area contributed by atoms with E-state index in [1.54, 1.807) is 20.7 Å². The third kappa shape index (κ3) is 3.73. The Morgan fingerprint density at radius 3 is 2.13 bits per heavy atom. The molecule has 2 aliphatic rings. The summed E-state index contributed by atoms with van der Waals surface area (Å²) < 4.78 is 28.1. The first-order valence-electron chi connectivity index (χ1n) is 8.18. The van der Waals surface area contributed by atoms with Crippen LogP contribution in [0, 0.1) is 0 Å². The molecule has 2 saturated heterocycles. The van der Waals surface area contributed by atoms with Crippen molar-refractivity contribution >= 4 is 16.1 Å². The molecule has 7 heteroatoms. The Hall–Kier alpha value is -1.44. The third-order valence-corrected chi connectivity index (χ3v) is 6.58. The van der Waals surface area contributed by atoms with Crippen molar-refractivity contribution in [1.82, 2.24) is 13.9 Å².